The fourth-order valence-electron chi connectivity index (χ4n) is 3.06. The molecule has 100 valence electrons. The first-order valence-electron chi connectivity index (χ1n) is 6.68. The van der Waals surface area contributed by atoms with Crippen LogP contribution < -0.4 is 0 Å². The van der Waals surface area contributed by atoms with Crippen molar-refractivity contribution < 1.29 is 0 Å². The standard InChI is InChI=1S/C16H13IN2S/c17-12-5-6-15-14(8-12)18-16(20)19(15)9-11-7-10-3-1-2-4-13(10)11/h1-6,8,11H,7,9H2,(H,18,20). The van der Waals surface area contributed by atoms with Crippen LogP contribution in [0.2, 0.25) is 0 Å². The Morgan fingerprint density at radius 3 is 2.95 bits per heavy atom. The zero-order valence-corrected chi connectivity index (χ0v) is 13.7. The van der Waals surface area contributed by atoms with Gasteiger partial charge in [-0.3, -0.25) is 0 Å². The second kappa shape index (κ2) is 4.70. The van der Waals surface area contributed by atoms with Crippen molar-refractivity contribution in [2.75, 3.05) is 0 Å². The minimum atomic E-state index is 0.594. The molecule has 1 aliphatic carbocycles. The zero-order valence-electron chi connectivity index (χ0n) is 10.8. The Kier molecular flexibility index (Phi) is 2.96. The predicted molar refractivity (Wildman–Crippen MR) is 92.7 cm³/mol. The molecule has 0 bridgehead atoms. The summed E-state index contributed by atoms with van der Waals surface area (Å²) in [6, 6.07) is 15.2. The van der Waals surface area contributed by atoms with Gasteiger partial charge in [0, 0.05) is 16.0 Å². The van der Waals surface area contributed by atoms with Crippen LogP contribution in [0.15, 0.2) is 42.5 Å². The molecule has 0 aliphatic heterocycles. The van der Waals surface area contributed by atoms with Crippen molar-refractivity contribution in [3.8, 4) is 0 Å². The van der Waals surface area contributed by atoms with Gasteiger partial charge in [0.2, 0.25) is 0 Å². The first-order valence-corrected chi connectivity index (χ1v) is 8.17. The van der Waals surface area contributed by atoms with E-state index < -0.39 is 0 Å². The van der Waals surface area contributed by atoms with Crippen molar-refractivity contribution in [1.82, 2.24) is 9.55 Å². The lowest BCUT2D eigenvalue weighted by Crippen LogP contribution is -2.21. The Morgan fingerprint density at radius 1 is 1.25 bits per heavy atom. The van der Waals surface area contributed by atoms with E-state index in [0.29, 0.717) is 5.92 Å². The van der Waals surface area contributed by atoms with E-state index >= 15 is 0 Å². The minimum Gasteiger partial charge on any atom is -0.331 e. The summed E-state index contributed by atoms with van der Waals surface area (Å²) in [7, 11) is 0. The van der Waals surface area contributed by atoms with Crippen molar-refractivity contribution in [1.29, 1.82) is 0 Å². The number of nitrogens with zero attached hydrogens (tertiary/aromatic N) is 1. The fourth-order valence-corrected chi connectivity index (χ4v) is 3.84. The Morgan fingerprint density at radius 2 is 2.10 bits per heavy atom. The number of nitrogens with one attached hydrogen (secondary N) is 1. The van der Waals surface area contributed by atoms with Crippen molar-refractivity contribution in [2.24, 2.45) is 0 Å². The molecule has 0 spiro atoms. The normalized spacial score (nSPS) is 16.9. The Balaban J connectivity index is 1.74. The highest BCUT2D eigenvalue weighted by molar-refractivity contribution is 14.1. The van der Waals surface area contributed by atoms with Gasteiger partial charge in [0.25, 0.3) is 0 Å². The highest BCUT2D eigenvalue weighted by atomic mass is 127. The number of fused-ring (bicyclic) bond motifs is 2. The quantitative estimate of drug-likeness (QED) is 0.498. The largest absolute Gasteiger partial charge is 0.331 e. The van der Waals surface area contributed by atoms with E-state index in [9.17, 15) is 0 Å². The number of aromatic nitrogens is 2. The van der Waals surface area contributed by atoms with E-state index in [1.165, 1.54) is 20.2 Å². The van der Waals surface area contributed by atoms with Crippen LogP contribution in [0.3, 0.4) is 0 Å². The van der Waals surface area contributed by atoms with Crippen LogP contribution in [-0.4, -0.2) is 9.55 Å². The highest BCUT2D eigenvalue weighted by Crippen LogP contribution is 2.36. The summed E-state index contributed by atoms with van der Waals surface area (Å²) in [6.45, 7) is 0.969. The molecule has 20 heavy (non-hydrogen) atoms. The lowest BCUT2D eigenvalue weighted by atomic mass is 9.77. The van der Waals surface area contributed by atoms with E-state index in [2.05, 4.69) is 74.6 Å². The van der Waals surface area contributed by atoms with Gasteiger partial charge in [0.1, 0.15) is 0 Å². The van der Waals surface area contributed by atoms with E-state index in [0.717, 1.165) is 23.3 Å². The molecule has 1 atom stereocenters. The minimum absolute atomic E-state index is 0.594. The predicted octanol–water partition coefficient (Wildman–Crippen LogP) is 4.64. The monoisotopic (exact) mass is 392 g/mol. The third-order valence-corrected chi connectivity index (χ3v) is 5.09. The van der Waals surface area contributed by atoms with Crippen LogP contribution in [0, 0.1) is 8.34 Å². The first kappa shape index (κ1) is 12.6. The van der Waals surface area contributed by atoms with Crippen LogP contribution in [0.1, 0.15) is 17.0 Å². The van der Waals surface area contributed by atoms with Gasteiger partial charge < -0.3 is 9.55 Å². The maximum atomic E-state index is 5.49. The number of H-pyrrole nitrogens is 1. The molecule has 0 amide bonds. The number of benzene rings is 2. The number of imidazole rings is 1. The summed E-state index contributed by atoms with van der Waals surface area (Å²) in [5.41, 5.74) is 5.31. The molecular weight excluding hydrogens is 379 g/mol. The second-order valence-corrected chi connectivity index (χ2v) is 6.93. The topological polar surface area (TPSA) is 20.7 Å². The molecule has 1 heterocycles. The number of hydrogen-bond donors (Lipinski definition) is 1. The van der Waals surface area contributed by atoms with Crippen molar-refractivity contribution in [3.05, 3.63) is 61.9 Å². The second-order valence-electron chi connectivity index (χ2n) is 5.30. The van der Waals surface area contributed by atoms with Crippen molar-refractivity contribution in [2.45, 2.75) is 18.9 Å². The summed E-state index contributed by atoms with van der Waals surface area (Å²) in [6.07, 6.45) is 1.16. The molecule has 1 aromatic heterocycles. The van der Waals surface area contributed by atoms with E-state index in [1.807, 2.05) is 0 Å². The summed E-state index contributed by atoms with van der Waals surface area (Å²) >= 11 is 7.82. The van der Waals surface area contributed by atoms with E-state index in [1.54, 1.807) is 0 Å². The Labute approximate surface area is 136 Å². The summed E-state index contributed by atoms with van der Waals surface area (Å²) < 4.78 is 4.29. The molecule has 0 saturated heterocycles. The van der Waals surface area contributed by atoms with Crippen LogP contribution >= 0.6 is 34.8 Å². The number of hydrogen-bond acceptors (Lipinski definition) is 1. The third kappa shape index (κ3) is 1.93. The van der Waals surface area contributed by atoms with Gasteiger partial charge in [0.15, 0.2) is 4.77 Å². The summed E-state index contributed by atoms with van der Waals surface area (Å²) in [4.78, 5) is 3.32. The lowest BCUT2D eigenvalue weighted by Gasteiger charge is -2.30. The molecule has 4 heteroatoms. The smallest absolute Gasteiger partial charge is 0.178 e. The maximum Gasteiger partial charge on any atom is 0.178 e. The highest BCUT2D eigenvalue weighted by Gasteiger charge is 2.26. The van der Waals surface area contributed by atoms with Gasteiger partial charge in [-0.15, -0.1) is 0 Å². The average molecular weight is 392 g/mol. The fraction of sp³-hybridized carbons (Fsp3) is 0.188. The number of halogens is 1. The molecule has 0 fully saturated rings. The zero-order chi connectivity index (χ0) is 13.7. The van der Waals surface area contributed by atoms with E-state index in [4.69, 9.17) is 12.2 Å². The molecular formula is C16H13IN2S. The molecule has 4 rings (SSSR count). The van der Waals surface area contributed by atoms with E-state index in [-0.39, 0.29) is 0 Å². The average Bonchev–Trinajstić information content (AvgIpc) is 2.71. The maximum absolute atomic E-state index is 5.49. The van der Waals surface area contributed by atoms with Crippen molar-refractivity contribution in [3.63, 3.8) is 0 Å². The van der Waals surface area contributed by atoms with Crippen LogP contribution in [0.5, 0.6) is 0 Å². The van der Waals surface area contributed by atoms with Crippen LogP contribution in [-0.2, 0) is 13.0 Å². The molecule has 1 unspecified atom stereocenters. The molecule has 3 aromatic rings. The van der Waals surface area contributed by atoms with Crippen LogP contribution in [0.4, 0.5) is 0 Å². The van der Waals surface area contributed by atoms with Crippen molar-refractivity contribution >= 4 is 45.8 Å². The molecule has 2 aromatic carbocycles. The number of aromatic amines is 1. The molecule has 0 radical (unpaired) electrons. The molecule has 2 nitrogen and oxygen atoms in total. The first-order chi connectivity index (χ1) is 9.72. The van der Waals surface area contributed by atoms with Gasteiger partial charge in [-0.2, -0.15) is 0 Å². The SMILES string of the molecule is S=c1[nH]c2cc(I)ccc2n1CC1Cc2ccccc21. The van der Waals surface area contributed by atoms with Crippen LogP contribution in [0.25, 0.3) is 11.0 Å². The van der Waals surface area contributed by atoms with Gasteiger partial charge in [-0.05, 0) is 70.6 Å². The van der Waals surface area contributed by atoms with Gasteiger partial charge in [0.05, 0.1) is 11.0 Å². The summed E-state index contributed by atoms with van der Waals surface area (Å²) in [5.74, 6) is 0.594. The van der Waals surface area contributed by atoms with Gasteiger partial charge in [-0.1, -0.05) is 24.3 Å². The van der Waals surface area contributed by atoms with Gasteiger partial charge in [-0.25, -0.2) is 0 Å². The summed E-state index contributed by atoms with van der Waals surface area (Å²) in [5, 5.41) is 0. The molecule has 1 N–H and O–H groups in total. The molecule has 0 saturated carbocycles. The number of rotatable bonds is 2. The Hall–Kier alpha value is -1.14. The molecule has 1 aliphatic rings. The Bertz CT molecular complexity index is 862. The van der Waals surface area contributed by atoms with Gasteiger partial charge >= 0.3 is 0 Å². The lowest BCUT2D eigenvalue weighted by molar-refractivity contribution is 0.513. The third-order valence-electron chi connectivity index (χ3n) is 4.10.